The molecule has 0 bridgehead atoms. The molecular weight excluding hydrogens is 564 g/mol. The Kier molecular flexibility index (Phi) is 8.77. The standard InChI is InChI=1S/C27H32O15/c28-8-17-19(33)21(35)23(37)26(40-17)42-25-22(36)20(34)18(9-29)41-27(25)39-16-7-13-14(32)5-12(31)6-15(13)38-24(16)10-1-3-11(30)4-2-10/h1-7,17-37H,8-9H2/p+1/t17?,18?,19-,20-,21?,22?,23-,24?,25?,26+,27-/m1/s1. The van der Waals surface area contributed by atoms with E-state index >= 15 is 0 Å². The van der Waals surface area contributed by atoms with Crippen molar-refractivity contribution in [2.75, 3.05) is 13.2 Å². The number of aromatic hydroxyl groups is 4. The first kappa shape index (κ1) is 30.2. The highest BCUT2D eigenvalue weighted by molar-refractivity contribution is 5.69. The summed E-state index contributed by atoms with van der Waals surface area (Å²) in [6, 6.07) is 8.32. The fourth-order valence-electron chi connectivity index (χ4n) is 5.05. The van der Waals surface area contributed by atoms with Crippen LogP contribution < -0.4 is 0 Å². The number of aliphatic hydroxyl groups excluding tert-OH is 7. The molecule has 0 spiro atoms. The highest BCUT2D eigenvalue weighted by Gasteiger charge is 2.52. The van der Waals surface area contributed by atoms with Gasteiger partial charge in [0.25, 0.3) is 11.9 Å². The third-order valence-corrected chi connectivity index (χ3v) is 7.37. The third kappa shape index (κ3) is 5.71. The molecule has 2 aromatic carbocycles. The number of hydrogen-bond donors (Lipinski definition) is 10. The summed E-state index contributed by atoms with van der Waals surface area (Å²) in [7, 11) is 0. The van der Waals surface area contributed by atoms with Crippen molar-refractivity contribution < 1.29 is 74.7 Å². The molecule has 15 heteroatoms. The summed E-state index contributed by atoms with van der Waals surface area (Å²) in [5.41, 5.74) is 0.661. The van der Waals surface area contributed by atoms with Crippen LogP contribution in [-0.4, -0.2) is 130 Å². The van der Waals surface area contributed by atoms with Gasteiger partial charge in [-0.2, -0.15) is 0 Å². The third-order valence-electron chi connectivity index (χ3n) is 7.37. The van der Waals surface area contributed by atoms with E-state index in [1.54, 1.807) is 12.1 Å². The highest BCUT2D eigenvalue weighted by Crippen LogP contribution is 2.45. The molecule has 0 saturated carbocycles. The van der Waals surface area contributed by atoms with Crippen LogP contribution >= 0.6 is 0 Å². The van der Waals surface area contributed by atoms with Gasteiger partial charge >= 0.3 is 0 Å². The maximum atomic E-state index is 11.0. The van der Waals surface area contributed by atoms with Gasteiger partial charge in [0.15, 0.2) is 18.2 Å². The lowest BCUT2D eigenvalue weighted by molar-refractivity contribution is -0.364. The summed E-state index contributed by atoms with van der Waals surface area (Å²) < 4.78 is 27.5. The van der Waals surface area contributed by atoms with Gasteiger partial charge < -0.3 is 74.7 Å². The highest BCUT2D eigenvalue weighted by atomic mass is 16.8. The van der Waals surface area contributed by atoms with Crippen LogP contribution in [0.25, 0.3) is 6.08 Å². The van der Waals surface area contributed by atoms with Crippen LogP contribution in [0.15, 0.2) is 42.2 Å². The normalized spacial score (nSPS) is 36.5. The van der Waals surface area contributed by atoms with E-state index in [0.29, 0.717) is 5.56 Å². The molecule has 42 heavy (non-hydrogen) atoms. The molecule has 6 unspecified atom stereocenters. The van der Waals surface area contributed by atoms with Crippen LogP contribution in [0.3, 0.4) is 0 Å². The minimum Gasteiger partial charge on any atom is -0.571 e. The average molecular weight is 598 g/mol. The topological polar surface area (TPSA) is 252 Å². The van der Waals surface area contributed by atoms with Gasteiger partial charge in [-0.3, -0.25) is 0 Å². The molecule has 2 saturated heterocycles. The molecule has 5 rings (SSSR count). The molecule has 3 heterocycles. The van der Waals surface area contributed by atoms with Crippen LogP contribution in [0, 0.1) is 0 Å². The zero-order valence-corrected chi connectivity index (χ0v) is 21.9. The zero-order chi connectivity index (χ0) is 30.3. The van der Waals surface area contributed by atoms with Gasteiger partial charge in [0.05, 0.1) is 24.8 Å². The molecule has 0 aromatic heterocycles. The van der Waals surface area contributed by atoms with E-state index < -0.39 is 80.7 Å². The summed E-state index contributed by atoms with van der Waals surface area (Å²) in [4.78, 5) is 0. The Bertz CT molecular complexity index is 1270. The quantitative estimate of drug-likeness (QED) is 0.152. The predicted octanol–water partition coefficient (Wildman–Crippen LogP) is -2.22. The Morgan fingerprint density at radius 3 is 1.98 bits per heavy atom. The van der Waals surface area contributed by atoms with Crippen LogP contribution in [0.2, 0.25) is 0 Å². The van der Waals surface area contributed by atoms with E-state index in [1.807, 2.05) is 0 Å². The fourth-order valence-corrected chi connectivity index (χ4v) is 5.05. The molecule has 0 amide bonds. The number of hydrogen-bond acceptors (Lipinski definition) is 14. The molecule has 230 valence electrons. The molecule has 11 atom stereocenters. The van der Waals surface area contributed by atoms with Crippen molar-refractivity contribution in [3.05, 3.63) is 53.3 Å². The summed E-state index contributed by atoms with van der Waals surface area (Å²) in [6.45, 7) is -1.48. The van der Waals surface area contributed by atoms with E-state index in [4.69, 9.17) is 18.9 Å². The first-order chi connectivity index (χ1) is 20.0. The Morgan fingerprint density at radius 2 is 1.33 bits per heavy atom. The maximum absolute atomic E-state index is 11.0. The minimum absolute atomic E-state index is 0.0156. The Balaban J connectivity index is 1.50. The van der Waals surface area contributed by atoms with Crippen molar-refractivity contribution in [2.45, 2.75) is 67.5 Å². The zero-order valence-electron chi connectivity index (χ0n) is 21.9. The van der Waals surface area contributed by atoms with Crippen LogP contribution in [0.5, 0.6) is 23.0 Å². The van der Waals surface area contributed by atoms with Crippen molar-refractivity contribution in [1.82, 2.24) is 0 Å². The second-order valence-electron chi connectivity index (χ2n) is 10.2. The van der Waals surface area contributed by atoms with Gasteiger partial charge in [-0.25, -0.2) is 0 Å². The molecule has 3 aliphatic rings. The van der Waals surface area contributed by atoms with Crippen molar-refractivity contribution in [2.24, 2.45) is 0 Å². The molecule has 3 aliphatic heterocycles. The summed E-state index contributed by atoms with van der Waals surface area (Å²) in [5, 5.41) is 102. The van der Waals surface area contributed by atoms with Crippen LogP contribution in [0.1, 0.15) is 17.2 Å². The Hall–Kier alpha value is -3.22. The van der Waals surface area contributed by atoms with Gasteiger partial charge in [0, 0.05) is 12.1 Å². The molecular formula is C27H33O15+. The van der Waals surface area contributed by atoms with Gasteiger partial charge in [-0.15, -0.1) is 0 Å². The predicted molar refractivity (Wildman–Crippen MR) is 138 cm³/mol. The smallest absolute Gasteiger partial charge is 0.270 e. The number of rotatable bonds is 7. The molecule has 0 aliphatic carbocycles. The first-order valence-electron chi connectivity index (χ1n) is 13.0. The van der Waals surface area contributed by atoms with Crippen molar-refractivity contribution in [1.29, 1.82) is 0 Å². The largest absolute Gasteiger partial charge is 0.571 e. The Morgan fingerprint density at radius 1 is 0.714 bits per heavy atom. The van der Waals surface area contributed by atoms with Gasteiger partial charge in [0.2, 0.25) is 6.29 Å². The van der Waals surface area contributed by atoms with Crippen molar-refractivity contribution >= 4 is 6.08 Å². The summed E-state index contributed by atoms with van der Waals surface area (Å²) in [5.74, 6) is -0.379. The van der Waals surface area contributed by atoms with Gasteiger partial charge in [-0.05, 0) is 24.3 Å². The maximum Gasteiger partial charge on any atom is 0.270 e. The van der Waals surface area contributed by atoms with E-state index in [0.717, 1.165) is 6.07 Å². The lowest BCUT2D eigenvalue weighted by atomic mass is 9.97. The molecule has 2 fully saturated rings. The number of ether oxygens (including phenoxy) is 5. The van der Waals surface area contributed by atoms with Crippen molar-refractivity contribution in [3.63, 3.8) is 0 Å². The lowest BCUT2D eigenvalue weighted by Gasteiger charge is -2.46. The lowest BCUT2D eigenvalue weighted by Crippen LogP contribution is -2.64. The molecule has 2 aromatic rings. The SMILES string of the molecule is OCC1O[C@@H](OC2=Cc3c(O)cc(O)cc3[OH+]C2c2ccc(O)cc2)C(O[C@@H]2OC(CO)[C@@H](O)C(O)[C@H]2O)C(O)[C@@H]1O. The number of aliphatic hydroxyl groups is 8. The van der Waals surface area contributed by atoms with Gasteiger partial charge in [-0.1, -0.05) is 0 Å². The number of benzene rings is 2. The van der Waals surface area contributed by atoms with E-state index in [-0.39, 0.29) is 34.3 Å². The number of phenols is 3. The summed E-state index contributed by atoms with van der Waals surface area (Å²) >= 11 is 0. The van der Waals surface area contributed by atoms with E-state index in [9.17, 15) is 51.1 Å². The number of phenolic OH excluding ortho intramolecular Hbond substituents is 3. The van der Waals surface area contributed by atoms with Crippen LogP contribution in [-0.2, 0) is 18.9 Å². The number of fused-ring (bicyclic) bond motifs is 1. The Labute approximate surface area is 238 Å². The summed E-state index contributed by atoms with van der Waals surface area (Å²) in [6.07, 6.45) is -16.1. The average Bonchev–Trinajstić information content (AvgIpc) is 2.97. The fraction of sp³-hybridized carbons (Fsp3) is 0.481. The second-order valence-corrected chi connectivity index (χ2v) is 10.2. The van der Waals surface area contributed by atoms with Gasteiger partial charge in [0.1, 0.15) is 65.5 Å². The second kappa shape index (κ2) is 12.2. The molecule has 15 nitrogen and oxygen atoms in total. The van der Waals surface area contributed by atoms with Crippen molar-refractivity contribution in [3.8, 4) is 23.0 Å². The first-order valence-corrected chi connectivity index (χ1v) is 13.0. The molecule has 11 N–H and O–H groups in total. The minimum atomic E-state index is -1.85. The van der Waals surface area contributed by atoms with E-state index in [2.05, 4.69) is 4.74 Å². The van der Waals surface area contributed by atoms with E-state index in [1.165, 1.54) is 24.3 Å². The van der Waals surface area contributed by atoms with Crippen LogP contribution in [0.4, 0.5) is 0 Å². The monoisotopic (exact) mass is 597 g/mol. The molecule has 0 radical (unpaired) electrons.